The molecule has 3 amide bonds. The highest BCUT2D eigenvalue weighted by atomic mass is 35.5. The average Bonchev–Trinajstić information content (AvgIpc) is 3.27. The SMILES string of the molecule is CN1C(=O)[C@@H](OCC2CC2)[C@H]2CN(C(=O)Nc3ccc(Cl)cc3)C[C@H]21. The van der Waals surface area contributed by atoms with Crippen molar-refractivity contribution in [3.8, 4) is 0 Å². The van der Waals surface area contributed by atoms with E-state index in [1.165, 1.54) is 12.8 Å². The Balaban J connectivity index is 1.39. The fraction of sp³-hybridized carbons (Fsp3) is 0.556. The summed E-state index contributed by atoms with van der Waals surface area (Å²) < 4.78 is 5.92. The molecule has 1 aromatic rings. The van der Waals surface area contributed by atoms with Gasteiger partial charge in [-0.2, -0.15) is 0 Å². The highest BCUT2D eigenvalue weighted by Crippen LogP contribution is 2.36. The molecule has 3 fully saturated rings. The van der Waals surface area contributed by atoms with Crippen LogP contribution >= 0.6 is 11.6 Å². The number of nitrogens with zero attached hydrogens (tertiary/aromatic N) is 2. The second kappa shape index (κ2) is 6.50. The molecule has 0 bridgehead atoms. The van der Waals surface area contributed by atoms with Crippen LogP contribution in [-0.2, 0) is 9.53 Å². The van der Waals surface area contributed by atoms with E-state index in [1.54, 1.807) is 41.1 Å². The summed E-state index contributed by atoms with van der Waals surface area (Å²) in [6, 6.07) is 6.91. The summed E-state index contributed by atoms with van der Waals surface area (Å²) in [6.45, 7) is 1.73. The Labute approximate surface area is 152 Å². The van der Waals surface area contributed by atoms with Crippen molar-refractivity contribution in [2.75, 3.05) is 32.1 Å². The van der Waals surface area contributed by atoms with Crippen molar-refractivity contribution in [2.24, 2.45) is 11.8 Å². The molecule has 25 heavy (non-hydrogen) atoms. The number of nitrogens with one attached hydrogen (secondary N) is 1. The molecule has 1 aliphatic carbocycles. The van der Waals surface area contributed by atoms with Crippen LogP contribution in [0.4, 0.5) is 10.5 Å². The van der Waals surface area contributed by atoms with Crippen LogP contribution in [0.2, 0.25) is 5.02 Å². The van der Waals surface area contributed by atoms with Crippen LogP contribution in [0.1, 0.15) is 12.8 Å². The molecule has 134 valence electrons. The Morgan fingerprint density at radius 3 is 2.68 bits per heavy atom. The van der Waals surface area contributed by atoms with Crippen LogP contribution in [0.25, 0.3) is 0 Å². The number of rotatable bonds is 4. The van der Waals surface area contributed by atoms with Gasteiger partial charge >= 0.3 is 6.03 Å². The summed E-state index contributed by atoms with van der Waals surface area (Å²) in [5.74, 6) is 0.712. The fourth-order valence-corrected chi connectivity index (χ4v) is 3.81. The molecule has 2 aliphatic heterocycles. The molecule has 4 rings (SSSR count). The lowest BCUT2D eigenvalue weighted by Gasteiger charge is -2.22. The van der Waals surface area contributed by atoms with E-state index in [4.69, 9.17) is 16.3 Å². The zero-order valence-electron chi connectivity index (χ0n) is 14.2. The molecule has 0 unspecified atom stereocenters. The van der Waals surface area contributed by atoms with Crippen LogP contribution in [-0.4, -0.2) is 60.6 Å². The minimum Gasteiger partial charge on any atom is -0.368 e. The normalized spacial score (nSPS) is 28.4. The maximum atomic E-state index is 12.5. The van der Waals surface area contributed by atoms with E-state index in [1.807, 2.05) is 0 Å². The molecule has 3 atom stereocenters. The maximum Gasteiger partial charge on any atom is 0.321 e. The highest BCUT2D eigenvalue weighted by Gasteiger charge is 2.53. The van der Waals surface area contributed by atoms with Crippen LogP contribution in [0.3, 0.4) is 0 Å². The van der Waals surface area contributed by atoms with Gasteiger partial charge in [0.1, 0.15) is 6.10 Å². The number of likely N-dealkylation sites (tertiary alicyclic amines) is 2. The van der Waals surface area contributed by atoms with Gasteiger partial charge in [0.2, 0.25) is 0 Å². The first-order chi connectivity index (χ1) is 12.0. The second-order valence-electron chi connectivity index (χ2n) is 7.22. The summed E-state index contributed by atoms with van der Waals surface area (Å²) in [5.41, 5.74) is 0.706. The van der Waals surface area contributed by atoms with Crippen molar-refractivity contribution in [3.63, 3.8) is 0 Å². The van der Waals surface area contributed by atoms with Gasteiger partial charge in [-0.05, 0) is 43.0 Å². The van der Waals surface area contributed by atoms with Gasteiger partial charge in [0.15, 0.2) is 0 Å². The standard InChI is InChI=1S/C18H22ClN3O3/c1-21-15-9-22(18(24)20-13-6-4-12(19)5-7-13)8-14(15)16(17(21)23)25-10-11-2-3-11/h4-7,11,14-16H,2-3,8-10H2,1H3,(H,20,24)/t14-,15+,16-/m0/s1. The van der Waals surface area contributed by atoms with E-state index in [0.717, 1.165) is 0 Å². The monoisotopic (exact) mass is 363 g/mol. The number of urea groups is 1. The number of fused-ring (bicyclic) bond motifs is 1. The maximum absolute atomic E-state index is 12.5. The number of benzene rings is 1. The first kappa shape index (κ1) is 16.7. The number of hydrogen-bond donors (Lipinski definition) is 1. The van der Waals surface area contributed by atoms with Gasteiger partial charge in [-0.1, -0.05) is 11.6 Å². The zero-order chi connectivity index (χ0) is 17.6. The second-order valence-corrected chi connectivity index (χ2v) is 7.66. The van der Waals surface area contributed by atoms with Gasteiger partial charge in [0.25, 0.3) is 5.91 Å². The molecular formula is C18H22ClN3O3. The minimum absolute atomic E-state index is 0.0349. The number of carbonyl (C=O) groups is 2. The number of likely N-dealkylation sites (N-methyl/N-ethyl adjacent to an activating group) is 1. The smallest absolute Gasteiger partial charge is 0.321 e. The van der Waals surface area contributed by atoms with E-state index in [-0.39, 0.29) is 23.9 Å². The number of hydrogen-bond acceptors (Lipinski definition) is 3. The number of halogens is 1. The molecule has 0 aromatic heterocycles. The topological polar surface area (TPSA) is 61.9 Å². The molecule has 7 heteroatoms. The van der Waals surface area contributed by atoms with Crippen LogP contribution in [0.5, 0.6) is 0 Å². The summed E-state index contributed by atoms with van der Waals surface area (Å²) in [6.07, 6.45) is 1.98. The fourth-order valence-electron chi connectivity index (χ4n) is 3.69. The Kier molecular flexibility index (Phi) is 4.33. The third kappa shape index (κ3) is 3.33. The number of ether oxygens (including phenoxy) is 1. The lowest BCUT2D eigenvalue weighted by molar-refractivity contribution is -0.138. The molecule has 1 N–H and O–H groups in total. The molecule has 1 aromatic carbocycles. The number of carbonyl (C=O) groups excluding carboxylic acids is 2. The molecule has 0 spiro atoms. The molecule has 2 saturated heterocycles. The lowest BCUT2D eigenvalue weighted by Crippen LogP contribution is -2.40. The molecule has 2 heterocycles. The van der Waals surface area contributed by atoms with Crippen LogP contribution in [0, 0.1) is 11.8 Å². The van der Waals surface area contributed by atoms with Gasteiger partial charge in [0.05, 0.1) is 12.6 Å². The van der Waals surface area contributed by atoms with Crippen molar-refractivity contribution in [1.29, 1.82) is 0 Å². The third-order valence-corrected chi connectivity index (χ3v) is 5.65. The van der Waals surface area contributed by atoms with Crippen LogP contribution < -0.4 is 5.32 Å². The third-order valence-electron chi connectivity index (χ3n) is 5.40. The first-order valence-electron chi connectivity index (χ1n) is 8.72. The lowest BCUT2D eigenvalue weighted by atomic mass is 10.0. The van der Waals surface area contributed by atoms with E-state index < -0.39 is 6.10 Å². The largest absolute Gasteiger partial charge is 0.368 e. The summed E-state index contributed by atoms with van der Waals surface area (Å²) in [5, 5.41) is 3.51. The number of anilines is 1. The Hall–Kier alpha value is -1.79. The minimum atomic E-state index is -0.413. The van der Waals surface area contributed by atoms with Crippen molar-refractivity contribution in [1.82, 2.24) is 9.80 Å². The average molecular weight is 364 g/mol. The molecule has 0 radical (unpaired) electrons. The predicted octanol–water partition coefficient (Wildman–Crippen LogP) is 2.44. The highest BCUT2D eigenvalue weighted by molar-refractivity contribution is 6.30. The number of amides is 3. The molecule has 6 nitrogen and oxygen atoms in total. The van der Waals surface area contributed by atoms with Gasteiger partial charge in [-0.3, -0.25) is 4.79 Å². The molecule has 3 aliphatic rings. The van der Waals surface area contributed by atoms with E-state index in [2.05, 4.69) is 5.32 Å². The Morgan fingerprint density at radius 1 is 1.28 bits per heavy atom. The van der Waals surface area contributed by atoms with Gasteiger partial charge in [0, 0.05) is 36.8 Å². The predicted molar refractivity (Wildman–Crippen MR) is 94.6 cm³/mol. The zero-order valence-corrected chi connectivity index (χ0v) is 14.9. The Morgan fingerprint density at radius 2 is 2.00 bits per heavy atom. The van der Waals surface area contributed by atoms with Gasteiger partial charge in [-0.15, -0.1) is 0 Å². The van der Waals surface area contributed by atoms with Gasteiger partial charge < -0.3 is 19.9 Å². The van der Waals surface area contributed by atoms with E-state index >= 15 is 0 Å². The first-order valence-corrected chi connectivity index (χ1v) is 9.10. The molecule has 1 saturated carbocycles. The van der Waals surface area contributed by atoms with Crippen molar-refractivity contribution in [2.45, 2.75) is 25.0 Å². The van der Waals surface area contributed by atoms with Crippen molar-refractivity contribution in [3.05, 3.63) is 29.3 Å². The summed E-state index contributed by atoms with van der Waals surface area (Å²) in [7, 11) is 1.81. The van der Waals surface area contributed by atoms with E-state index in [0.29, 0.717) is 36.3 Å². The summed E-state index contributed by atoms with van der Waals surface area (Å²) in [4.78, 5) is 28.5. The van der Waals surface area contributed by atoms with Crippen molar-refractivity contribution >= 4 is 29.2 Å². The Bertz CT molecular complexity index is 677. The van der Waals surface area contributed by atoms with E-state index in [9.17, 15) is 9.59 Å². The van der Waals surface area contributed by atoms with Crippen LogP contribution in [0.15, 0.2) is 24.3 Å². The molecular weight excluding hydrogens is 342 g/mol. The van der Waals surface area contributed by atoms with Gasteiger partial charge in [-0.25, -0.2) is 4.79 Å². The van der Waals surface area contributed by atoms with Crippen molar-refractivity contribution < 1.29 is 14.3 Å². The summed E-state index contributed by atoms with van der Waals surface area (Å²) >= 11 is 5.87. The quantitative estimate of drug-likeness (QED) is 0.893.